The first-order valence-corrected chi connectivity index (χ1v) is 5.35. The highest BCUT2D eigenvalue weighted by molar-refractivity contribution is 6.04. The number of hydrogen-bond donors (Lipinski definition) is 1. The number of rotatable bonds is 3. The van der Waals surface area contributed by atoms with Crippen molar-refractivity contribution >= 4 is 22.6 Å². The zero-order valence-electron chi connectivity index (χ0n) is 9.71. The van der Waals surface area contributed by atoms with Crippen LogP contribution in [0.1, 0.15) is 17.4 Å². The number of benzene rings is 1. The van der Waals surface area contributed by atoms with Crippen LogP contribution in [-0.4, -0.2) is 34.9 Å². The Balaban J connectivity index is 2.75. The minimum absolute atomic E-state index is 0.00569. The van der Waals surface area contributed by atoms with Gasteiger partial charge < -0.3 is 10.0 Å². The summed E-state index contributed by atoms with van der Waals surface area (Å²) in [7, 11) is 1.90. The topological polar surface area (TPSA) is 66.3 Å². The van der Waals surface area contributed by atoms with Crippen LogP contribution >= 0.6 is 0 Å². The maximum atomic E-state index is 11.0. The molecule has 1 N–H and O–H groups in total. The summed E-state index contributed by atoms with van der Waals surface area (Å²) in [5.74, 6) is -0.354. The highest BCUT2D eigenvalue weighted by Gasteiger charge is 2.15. The molecule has 0 aliphatic rings. The molecule has 0 saturated carbocycles. The zero-order chi connectivity index (χ0) is 12.4. The van der Waals surface area contributed by atoms with E-state index in [1.54, 1.807) is 12.1 Å². The van der Waals surface area contributed by atoms with Gasteiger partial charge in [0.25, 0.3) is 0 Å². The van der Waals surface area contributed by atoms with Crippen molar-refractivity contribution in [1.82, 2.24) is 10.2 Å². The lowest BCUT2D eigenvalue weighted by Crippen LogP contribution is -2.19. The van der Waals surface area contributed by atoms with E-state index in [0.29, 0.717) is 11.2 Å². The fourth-order valence-electron chi connectivity index (χ4n) is 1.68. The molecule has 88 valence electrons. The van der Waals surface area contributed by atoms with Gasteiger partial charge in [0.15, 0.2) is 11.5 Å². The quantitative estimate of drug-likeness (QED) is 0.872. The zero-order valence-corrected chi connectivity index (χ0v) is 9.71. The molecule has 1 heterocycles. The Kier molecular flexibility index (Phi) is 2.91. The second-order valence-corrected chi connectivity index (χ2v) is 3.74. The number of carboxylic acid groups (broad SMARTS) is 1. The summed E-state index contributed by atoms with van der Waals surface area (Å²) in [6.45, 7) is 2.78. The smallest absolute Gasteiger partial charge is 0.357 e. The minimum atomic E-state index is -1.06. The number of fused-ring (bicyclic) bond motifs is 1. The van der Waals surface area contributed by atoms with E-state index in [9.17, 15) is 4.79 Å². The molecule has 5 nitrogen and oxygen atoms in total. The highest BCUT2D eigenvalue weighted by atomic mass is 16.4. The monoisotopic (exact) mass is 231 g/mol. The summed E-state index contributed by atoms with van der Waals surface area (Å²) in [5.41, 5.74) is -0.00569. The van der Waals surface area contributed by atoms with E-state index in [4.69, 9.17) is 5.11 Å². The molecule has 0 aliphatic carbocycles. The van der Waals surface area contributed by atoms with Crippen molar-refractivity contribution in [3.8, 4) is 0 Å². The van der Waals surface area contributed by atoms with Crippen molar-refractivity contribution in [1.29, 1.82) is 0 Å². The van der Waals surface area contributed by atoms with E-state index >= 15 is 0 Å². The number of anilines is 1. The first-order valence-electron chi connectivity index (χ1n) is 5.35. The van der Waals surface area contributed by atoms with Gasteiger partial charge >= 0.3 is 5.97 Å². The maximum Gasteiger partial charge on any atom is 0.357 e. The van der Waals surface area contributed by atoms with E-state index in [1.165, 1.54) is 0 Å². The average Bonchev–Trinajstić information content (AvgIpc) is 2.36. The van der Waals surface area contributed by atoms with Crippen LogP contribution in [0.4, 0.5) is 5.82 Å². The van der Waals surface area contributed by atoms with Crippen LogP contribution in [-0.2, 0) is 0 Å². The van der Waals surface area contributed by atoms with Crippen molar-refractivity contribution in [3.63, 3.8) is 0 Å². The normalized spacial score (nSPS) is 10.5. The Hall–Kier alpha value is -2.17. The Labute approximate surface area is 98.7 Å². The second kappa shape index (κ2) is 4.37. The van der Waals surface area contributed by atoms with Gasteiger partial charge in [0.1, 0.15) is 0 Å². The Morgan fingerprint density at radius 2 is 1.94 bits per heavy atom. The van der Waals surface area contributed by atoms with Gasteiger partial charge in [-0.25, -0.2) is 4.79 Å². The van der Waals surface area contributed by atoms with Crippen molar-refractivity contribution in [2.24, 2.45) is 0 Å². The first kappa shape index (κ1) is 11.3. The molecule has 0 radical (unpaired) electrons. The molecule has 5 heteroatoms. The molecule has 0 bridgehead atoms. The highest BCUT2D eigenvalue weighted by Crippen LogP contribution is 2.24. The molecule has 0 spiro atoms. The first-order chi connectivity index (χ1) is 8.15. The summed E-state index contributed by atoms with van der Waals surface area (Å²) >= 11 is 0. The molecule has 2 rings (SSSR count). The molecule has 0 atom stereocenters. The van der Waals surface area contributed by atoms with Crippen molar-refractivity contribution in [2.75, 3.05) is 18.5 Å². The predicted molar refractivity (Wildman–Crippen MR) is 65.4 cm³/mol. The number of aromatic nitrogens is 2. The molecular weight excluding hydrogens is 218 g/mol. The number of hydrogen-bond acceptors (Lipinski definition) is 4. The van der Waals surface area contributed by atoms with Crippen LogP contribution < -0.4 is 4.90 Å². The molecule has 0 amide bonds. The third-order valence-corrected chi connectivity index (χ3v) is 2.71. The molecule has 2 aromatic rings. The van der Waals surface area contributed by atoms with Gasteiger partial charge in [-0.3, -0.25) is 0 Å². The van der Waals surface area contributed by atoms with Gasteiger partial charge in [-0.15, -0.1) is 10.2 Å². The number of aromatic carboxylic acids is 1. The summed E-state index contributed by atoms with van der Waals surface area (Å²) < 4.78 is 0. The second-order valence-electron chi connectivity index (χ2n) is 3.74. The van der Waals surface area contributed by atoms with Crippen LogP contribution in [0.5, 0.6) is 0 Å². The average molecular weight is 231 g/mol. The lowest BCUT2D eigenvalue weighted by Gasteiger charge is -2.17. The fraction of sp³-hybridized carbons (Fsp3) is 0.250. The molecule has 0 aliphatic heterocycles. The van der Waals surface area contributed by atoms with Crippen LogP contribution in [0.2, 0.25) is 0 Å². The van der Waals surface area contributed by atoms with Gasteiger partial charge in [-0.05, 0) is 6.92 Å². The van der Waals surface area contributed by atoms with E-state index in [-0.39, 0.29) is 5.69 Å². The number of nitrogens with zero attached hydrogens (tertiary/aromatic N) is 3. The maximum absolute atomic E-state index is 11.0. The van der Waals surface area contributed by atoms with E-state index in [1.807, 2.05) is 31.0 Å². The number of carbonyl (C=O) groups is 1. The van der Waals surface area contributed by atoms with Crippen molar-refractivity contribution in [2.45, 2.75) is 6.92 Å². The van der Waals surface area contributed by atoms with Gasteiger partial charge in [-0.2, -0.15) is 0 Å². The van der Waals surface area contributed by atoms with Gasteiger partial charge in [0.05, 0.1) is 0 Å². The number of carboxylic acids is 1. The predicted octanol–water partition coefficient (Wildman–Crippen LogP) is 1.78. The molecule has 1 aromatic carbocycles. The van der Waals surface area contributed by atoms with Crippen LogP contribution in [0.3, 0.4) is 0 Å². The Morgan fingerprint density at radius 3 is 2.53 bits per heavy atom. The molecule has 0 fully saturated rings. The SMILES string of the molecule is CCN(C)c1nnc(C(=O)O)c2ccccc12. The lowest BCUT2D eigenvalue weighted by atomic mass is 10.1. The third kappa shape index (κ3) is 1.91. The van der Waals surface area contributed by atoms with Crippen LogP contribution in [0.15, 0.2) is 24.3 Å². The molecule has 1 aromatic heterocycles. The van der Waals surface area contributed by atoms with Gasteiger partial charge in [0.2, 0.25) is 0 Å². The van der Waals surface area contributed by atoms with Crippen LogP contribution in [0.25, 0.3) is 10.8 Å². The summed E-state index contributed by atoms with van der Waals surface area (Å²) in [6.07, 6.45) is 0. The lowest BCUT2D eigenvalue weighted by molar-refractivity contribution is 0.0691. The van der Waals surface area contributed by atoms with E-state index in [0.717, 1.165) is 11.9 Å². The molecule has 17 heavy (non-hydrogen) atoms. The fourth-order valence-corrected chi connectivity index (χ4v) is 1.68. The van der Waals surface area contributed by atoms with Gasteiger partial charge in [0, 0.05) is 24.4 Å². The standard InChI is InChI=1S/C12H13N3O2/c1-3-15(2)11-9-7-5-4-6-8(9)10(12(16)17)13-14-11/h4-7H,3H2,1-2H3,(H,16,17). The summed E-state index contributed by atoms with van der Waals surface area (Å²) in [6, 6.07) is 7.27. The third-order valence-electron chi connectivity index (χ3n) is 2.71. The minimum Gasteiger partial charge on any atom is -0.476 e. The van der Waals surface area contributed by atoms with Crippen LogP contribution in [0, 0.1) is 0 Å². The van der Waals surface area contributed by atoms with E-state index < -0.39 is 5.97 Å². The van der Waals surface area contributed by atoms with Crippen molar-refractivity contribution < 1.29 is 9.90 Å². The Morgan fingerprint density at radius 1 is 1.29 bits per heavy atom. The molecule has 0 saturated heterocycles. The largest absolute Gasteiger partial charge is 0.476 e. The van der Waals surface area contributed by atoms with Gasteiger partial charge in [-0.1, -0.05) is 24.3 Å². The summed E-state index contributed by atoms with van der Waals surface area (Å²) in [5, 5.41) is 18.3. The van der Waals surface area contributed by atoms with Crippen molar-refractivity contribution in [3.05, 3.63) is 30.0 Å². The van der Waals surface area contributed by atoms with E-state index in [2.05, 4.69) is 10.2 Å². The summed E-state index contributed by atoms with van der Waals surface area (Å²) in [4.78, 5) is 13.0. The Bertz CT molecular complexity index is 569. The molecular formula is C12H13N3O2. The molecule has 0 unspecified atom stereocenters.